The highest BCUT2D eigenvalue weighted by molar-refractivity contribution is 9.10. The molecule has 5 nitrogen and oxygen atoms in total. The lowest BCUT2D eigenvalue weighted by Crippen LogP contribution is -2.48. The average molecular weight is 435 g/mol. The molecule has 1 aliphatic carbocycles. The first-order valence-electron chi connectivity index (χ1n) is 10.1. The van der Waals surface area contributed by atoms with Crippen LogP contribution in [0.3, 0.4) is 0 Å². The van der Waals surface area contributed by atoms with Gasteiger partial charge in [-0.05, 0) is 56.2 Å². The van der Waals surface area contributed by atoms with E-state index in [1.807, 2.05) is 0 Å². The first-order valence-corrected chi connectivity index (χ1v) is 10.9. The molecule has 0 spiro atoms. The minimum atomic E-state index is -0.201. The van der Waals surface area contributed by atoms with Crippen molar-refractivity contribution >= 4 is 27.8 Å². The molecule has 1 aromatic rings. The molecule has 2 aliphatic rings. The molecule has 2 fully saturated rings. The van der Waals surface area contributed by atoms with Crippen LogP contribution in [0, 0.1) is 5.92 Å². The van der Waals surface area contributed by atoms with Crippen molar-refractivity contribution in [3.05, 3.63) is 34.3 Å². The molecular formula is C21H31BrN4O. The van der Waals surface area contributed by atoms with Crippen LogP contribution in [0.4, 0.5) is 0 Å². The third-order valence-electron chi connectivity index (χ3n) is 5.94. The van der Waals surface area contributed by atoms with Crippen molar-refractivity contribution < 1.29 is 4.79 Å². The summed E-state index contributed by atoms with van der Waals surface area (Å²) in [4.78, 5) is 18.7. The number of primary amides is 1. The van der Waals surface area contributed by atoms with Gasteiger partial charge in [-0.15, -0.1) is 0 Å². The fourth-order valence-corrected chi connectivity index (χ4v) is 4.57. The average Bonchev–Trinajstić information content (AvgIpc) is 2.61. The van der Waals surface area contributed by atoms with Gasteiger partial charge < -0.3 is 16.0 Å². The molecule has 27 heavy (non-hydrogen) atoms. The number of guanidine groups is 1. The lowest BCUT2D eigenvalue weighted by Gasteiger charge is -2.42. The summed E-state index contributed by atoms with van der Waals surface area (Å²) in [5.41, 5.74) is 6.97. The Bertz CT molecular complexity index is 669. The molecule has 3 rings (SSSR count). The second-order valence-electron chi connectivity index (χ2n) is 7.94. The van der Waals surface area contributed by atoms with Crippen molar-refractivity contribution in [1.82, 2.24) is 10.2 Å². The van der Waals surface area contributed by atoms with Gasteiger partial charge in [0.25, 0.3) is 0 Å². The van der Waals surface area contributed by atoms with Gasteiger partial charge in [0.2, 0.25) is 5.91 Å². The van der Waals surface area contributed by atoms with E-state index in [-0.39, 0.29) is 11.3 Å². The number of halogens is 1. The third-order valence-corrected chi connectivity index (χ3v) is 6.47. The summed E-state index contributed by atoms with van der Waals surface area (Å²) >= 11 is 3.53. The van der Waals surface area contributed by atoms with Crippen LogP contribution in [0.25, 0.3) is 0 Å². The number of amides is 1. The highest BCUT2D eigenvalue weighted by atomic mass is 79.9. The molecule has 1 amide bonds. The molecule has 1 saturated carbocycles. The normalized spacial score (nSPS) is 22.2. The largest absolute Gasteiger partial charge is 0.370 e. The number of likely N-dealkylation sites (tertiary alicyclic amines) is 1. The van der Waals surface area contributed by atoms with E-state index < -0.39 is 0 Å². The van der Waals surface area contributed by atoms with Gasteiger partial charge in [0.1, 0.15) is 0 Å². The smallest absolute Gasteiger partial charge is 0.217 e. The molecule has 3 N–H and O–H groups in total. The van der Waals surface area contributed by atoms with Crippen LogP contribution in [0.15, 0.2) is 33.7 Å². The maximum atomic E-state index is 11.3. The maximum Gasteiger partial charge on any atom is 0.217 e. The minimum Gasteiger partial charge on any atom is -0.370 e. The highest BCUT2D eigenvalue weighted by Gasteiger charge is 2.38. The number of aliphatic imine (C=N–C) groups is 1. The Hall–Kier alpha value is -1.56. The molecular weight excluding hydrogens is 404 g/mol. The zero-order valence-corrected chi connectivity index (χ0v) is 17.8. The highest BCUT2D eigenvalue weighted by Crippen LogP contribution is 2.44. The summed E-state index contributed by atoms with van der Waals surface area (Å²) < 4.78 is 1.12. The third kappa shape index (κ3) is 5.03. The number of carbonyl (C=O) groups is 1. The van der Waals surface area contributed by atoms with Gasteiger partial charge in [-0.25, -0.2) is 0 Å². The van der Waals surface area contributed by atoms with Crippen molar-refractivity contribution in [2.24, 2.45) is 16.6 Å². The van der Waals surface area contributed by atoms with Crippen molar-refractivity contribution in [1.29, 1.82) is 0 Å². The predicted molar refractivity (Wildman–Crippen MR) is 114 cm³/mol. The summed E-state index contributed by atoms with van der Waals surface area (Å²) in [5.74, 6) is 1.12. The number of nitrogens with zero attached hydrogens (tertiary/aromatic N) is 2. The summed E-state index contributed by atoms with van der Waals surface area (Å²) in [6.07, 6.45) is 6.29. The van der Waals surface area contributed by atoms with Crippen LogP contribution in [0.2, 0.25) is 0 Å². The van der Waals surface area contributed by atoms with Gasteiger partial charge in [-0.2, -0.15) is 0 Å². The molecule has 0 bridgehead atoms. The van der Waals surface area contributed by atoms with Crippen LogP contribution in [-0.4, -0.2) is 42.9 Å². The van der Waals surface area contributed by atoms with Gasteiger partial charge in [0.15, 0.2) is 5.96 Å². The Morgan fingerprint density at radius 1 is 1.33 bits per heavy atom. The molecule has 1 atom stereocenters. The molecule has 1 aromatic carbocycles. The van der Waals surface area contributed by atoms with Gasteiger partial charge in [0.05, 0.1) is 6.54 Å². The Morgan fingerprint density at radius 3 is 2.67 bits per heavy atom. The summed E-state index contributed by atoms with van der Waals surface area (Å²) in [5, 5.41) is 3.46. The molecule has 0 radical (unpaired) electrons. The summed E-state index contributed by atoms with van der Waals surface area (Å²) in [6, 6.07) is 8.72. The zero-order chi connectivity index (χ0) is 19.3. The summed E-state index contributed by atoms with van der Waals surface area (Å²) in [7, 11) is 0. The lowest BCUT2D eigenvalue weighted by molar-refractivity contribution is -0.119. The van der Waals surface area contributed by atoms with Crippen LogP contribution >= 0.6 is 15.9 Å². The molecule has 148 valence electrons. The van der Waals surface area contributed by atoms with E-state index in [2.05, 4.69) is 57.3 Å². The zero-order valence-electron chi connectivity index (χ0n) is 16.2. The number of nitrogens with two attached hydrogens (primary N) is 1. The van der Waals surface area contributed by atoms with Gasteiger partial charge in [-0.3, -0.25) is 9.79 Å². The summed E-state index contributed by atoms with van der Waals surface area (Å²) in [6.45, 7) is 5.62. The topological polar surface area (TPSA) is 70.7 Å². The molecule has 1 unspecified atom stereocenters. The van der Waals surface area contributed by atoms with Crippen molar-refractivity contribution in [2.45, 2.75) is 50.9 Å². The Kier molecular flexibility index (Phi) is 6.79. The van der Waals surface area contributed by atoms with E-state index in [4.69, 9.17) is 10.7 Å². The molecule has 1 heterocycles. The number of piperidine rings is 1. The van der Waals surface area contributed by atoms with Gasteiger partial charge in [-0.1, -0.05) is 34.5 Å². The number of hydrogen-bond acceptors (Lipinski definition) is 2. The van der Waals surface area contributed by atoms with Crippen molar-refractivity contribution in [3.63, 3.8) is 0 Å². The first-order chi connectivity index (χ1) is 13.0. The van der Waals surface area contributed by atoms with Crippen LogP contribution < -0.4 is 11.1 Å². The van der Waals surface area contributed by atoms with Crippen LogP contribution in [-0.2, 0) is 10.2 Å². The van der Waals surface area contributed by atoms with Crippen molar-refractivity contribution in [3.8, 4) is 0 Å². The van der Waals surface area contributed by atoms with E-state index in [0.29, 0.717) is 12.3 Å². The monoisotopic (exact) mass is 434 g/mol. The van der Waals surface area contributed by atoms with Crippen LogP contribution in [0.1, 0.15) is 51.0 Å². The van der Waals surface area contributed by atoms with Crippen LogP contribution in [0.5, 0.6) is 0 Å². The van der Waals surface area contributed by atoms with Gasteiger partial charge in [0, 0.05) is 35.9 Å². The Labute approximate surface area is 170 Å². The lowest BCUT2D eigenvalue weighted by atomic mass is 9.64. The van der Waals surface area contributed by atoms with E-state index in [1.54, 1.807) is 0 Å². The number of benzene rings is 1. The second kappa shape index (κ2) is 9.09. The SMILES string of the molecule is CCNC(=NCC1(c2ccc(Br)cc2)CCC1)N1CCCC(CC(N)=O)C1. The van der Waals surface area contributed by atoms with E-state index in [0.717, 1.165) is 49.5 Å². The van der Waals surface area contributed by atoms with E-state index in [9.17, 15) is 4.79 Å². The fraction of sp³-hybridized carbons (Fsp3) is 0.619. The van der Waals surface area contributed by atoms with E-state index in [1.165, 1.54) is 24.8 Å². The Morgan fingerprint density at radius 2 is 2.07 bits per heavy atom. The number of nitrogens with one attached hydrogen (secondary N) is 1. The standard InChI is InChI=1S/C21H31BrN4O/c1-2-24-20(26-12-3-5-16(14-26)13-19(23)27)25-15-21(10-4-11-21)17-6-8-18(22)9-7-17/h6-9,16H,2-5,10-15H2,1H3,(H2,23,27)(H,24,25). The first kappa shape index (κ1) is 20.2. The molecule has 6 heteroatoms. The number of carbonyl (C=O) groups excluding carboxylic acids is 1. The Balaban J connectivity index is 1.72. The fourth-order valence-electron chi connectivity index (χ4n) is 4.31. The predicted octanol–water partition coefficient (Wildman–Crippen LogP) is 3.42. The van der Waals surface area contributed by atoms with Crippen molar-refractivity contribution in [2.75, 3.05) is 26.2 Å². The maximum absolute atomic E-state index is 11.3. The number of rotatable bonds is 6. The minimum absolute atomic E-state index is 0.170. The quantitative estimate of drug-likeness (QED) is 0.532. The molecule has 1 saturated heterocycles. The second-order valence-corrected chi connectivity index (χ2v) is 8.85. The number of hydrogen-bond donors (Lipinski definition) is 2. The van der Waals surface area contributed by atoms with Gasteiger partial charge >= 0.3 is 0 Å². The van der Waals surface area contributed by atoms with E-state index >= 15 is 0 Å². The molecule has 0 aromatic heterocycles. The molecule has 1 aliphatic heterocycles.